The predicted octanol–water partition coefficient (Wildman–Crippen LogP) is 0.295. The summed E-state index contributed by atoms with van der Waals surface area (Å²) in [5, 5.41) is 3.22. The third-order valence-electron chi connectivity index (χ3n) is 1.46. The van der Waals surface area contributed by atoms with Gasteiger partial charge in [-0.05, 0) is 0 Å². The predicted molar refractivity (Wildman–Crippen MR) is 38.7 cm³/mol. The van der Waals surface area contributed by atoms with E-state index >= 15 is 0 Å². The molecular formula is C6H12BN. The van der Waals surface area contributed by atoms with E-state index in [1.165, 1.54) is 19.5 Å². The van der Waals surface area contributed by atoms with Crippen LogP contribution >= 0.6 is 0 Å². The molecule has 1 aliphatic heterocycles. The Morgan fingerprint density at radius 2 is 2.50 bits per heavy atom. The Bertz CT molecular complexity index is 86.5. The number of hydrogen-bond donors (Lipinski definition) is 1. The van der Waals surface area contributed by atoms with E-state index < -0.39 is 0 Å². The van der Waals surface area contributed by atoms with Gasteiger partial charge >= 0.3 is 50.5 Å². The summed E-state index contributed by atoms with van der Waals surface area (Å²) in [7, 11) is 0. The van der Waals surface area contributed by atoms with Crippen LogP contribution in [0.4, 0.5) is 0 Å². The second-order valence-corrected chi connectivity index (χ2v) is 2.25. The van der Waals surface area contributed by atoms with E-state index in [9.17, 15) is 0 Å². The van der Waals surface area contributed by atoms with Gasteiger partial charge in [0.05, 0.1) is 0 Å². The molecule has 8 heavy (non-hydrogen) atoms. The Labute approximate surface area is 51.4 Å². The van der Waals surface area contributed by atoms with Crippen LogP contribution in [0, 0.1) is 0 Å². The molecule has 1 nitrogen and oxygen atoms in total. The summed E-state index contributed by atoms with van der Waals surface area (Å²) in [4.78, 5) is 0. The molecule has 1 heterocycles. The van der Waals surface area contributed by atoms with Crippen molar-refractivity contribution in [1.29, 1.82) is 0 Å². The summed E-state index contributed by atoms with van der Waals surface area (Å²) >= 11 is 0. The number of rotatable bonds is 2. The SMILES string of the molecule is CCC=BC1CNC1. The van der Waals surface area contributed by atoms with Gasteiger partial charge in [-0.15, -0.1) is 0 Å². The van der Waals surface area contributed by atoms with Crippen LogP contribution in [0.3, 0.4) is 0 Å². The molecule has 0 spiro atoms. The van der Waals surface area contributed by atoms with Crippen molar-refractivity contribution in [2.24, 2.45) is 0 Å². The topological polar surface area (TPSA) is 12.0 Å². The van der Waals surface area contributed by atoms with Gasteiger partial charge in [-0.3, -0.25) is 0 Å². The quantitative estimate of drug-likeness (QED) is 0.502. The van der Waals surface area contributed by atoms with Gasteiger partial charge in [-0.1, -0.05) is 0 Å². The van der Waals surface area contributed by atoms with Gasteiger partial charge in [0.2, 0.25) is 0 Å². The fraction of sp³-hybridized carbons (Fsp3) is 0.833. The van der Waals surface area contributed by atoms with E-state index in [1.54, 1.807) is 0 Å². The summed E-state index contributed by atoms with van der Waals surface area (Å²) in [5.74, 6) is 3.08. The first-order chi connectivity index (χ1) is 3.93. The van der Waals surface area contributed by atoms with Crippen LogP contribution in [-0.4, -0.2) is 26.0 Å². The zero-order valence-electron chi connectivity index (χ0n) is 5.35. The van der Waals surface area contributed by atoms with E-state index in [0.29, 0.717) is 0 Å². The van der Waals surface area contributed by atoms with Crippen molar-refractivity contribution in [3.05, 3.63) is 0 Å². The van der Waals surface area contributed by atoms with Crippen LogP contribution in [-0.2, 0) is 0 Å². The Morgan fingerprint density at radius 3 is 2.88 bits per heavy atom. The Morgan fingerprint density at radius 1 is 1.75 bits per heavy atom. The van der Waals surface area contributed by atoms with Crippen molar-refractivity contribution >= 4 is 12.9 Å². The van der Waals surface area contributed by atoms with Crippen molar-refractivity contribution in [3.63, 3.8) is 0 Å². The third kappa shape index (κ3) is 1.44. The molecule has 1 rings (SSSR count). The van der Waals surface area contributed by atoms with Crippen molar-refractivity contribution < 1.29 is 0 Å². The standard InChI is InChI=1S/C6H12BN/c1-2-3-7-6-4-8-5-6/h3,6,8H,2,4-5H2,1H3. The van der Waals surface area contributed by atoms with Crippen molar-refractivity contribution in [3.8, 4) is 0 Å². The maximum absolute atomic E-state index is 3.22. The average Bonchev–Trinajstić information content (AvgIpc) is 1.63. The Hall–Kier alpha value is -0.105. The second-order valence-electron chi connectivity index (χ2n) is 2.25. The maximum atomic E-state index is 3.22. The monoisotopic (exact) mass is 109 g/mol. The van der Waals surface area contributed by atoms with E-state index in [4.69, 9.17) is 0 Å². The van der Waals surface area contributed by atoms with Gasteiger partial charge in [0.25, 0.3) is 0 Å². The molecule has 0 unspecified atom stereocenters. The Kier molecular flexibility index (Phi) is 2.28. The molecule has 0 radical (unpaired) electrons. The summed E-state index contributed by atoms with van der Waals surface area (Å²) in [5.41, 5.74) is 0. The molecule has 2 heteroatoms. The summed E-state index contributed by atoms with van der Waals surface area (Å²) in [6.45, 7) is 6.85. The van der Waals surface area contributed by atoms with Crippen molar-refractivity contribution in [2.75, 3.05) is 13.1 Å². The van der Waals surface area contributed by atoms with Crippen LogP contribution in [0.15, 0.2) is 0 Å². The van der Waals surface area contributed by atoms with Crippen LogP contribution in [0.25, 0.3) is 0 Å². The fourth-order valence-corrected chi connectivity index (χ4v) is 0.776. The normalized spacial score (nSPS) is 20.6. The molecule has 0 aromatic heterocycles. The zero-order chi connectivity index (χ0) is 5.82. The first kappa shape index (κ1) is 6.02. The second kappa shape index (κ2) is 3.03. The van der Waals surface area contributed by atoms with E-state index in [0.717, 1.165) is 5.82 Å². The molecule has 1 aliphatic rings. The molecular weight excluding hydrogens is 96.9 g/mol. The summed E-state index contributed by atoms with van der Waals surface area (Å²) in [6, 6.07) is 0. The zero-order valence-corrected chi connectivity index (χ0v) is 5.35. The van der Waals surface area contributed by atoms with E-state index in [-0.39, 0.29) is 0 Å². The van der Waals surface area contributed by atoms with E-state index in [2.05, 4.69) is 25.1 Å². The van der Waals surface area contributed by atoms with Gasteiger partial charge in [-0.25, -0.2) is 0 Å². The minimum absolute atomic E-state index is 0.843. The van der Waals surface area contributed by atoms with Gasteiger partial charge in [-0.2, -0.15) is 0 Å². The Balaban J connectivity index is 2.08. The molecule has 0 aliphatic carbocycles. The van der Waals surface area contributed by atoms with Gasteiger partial charge in [0.1, 0.15) is 0 Å². The molecule has 1 fully saturated rings. The number of hydrogen-bond acceptors (Lipinski definition) is 1. The average molecular weight is 109 g/mol. The molecule has 44 valence electrons. The number of nitrogens with one attached hydrogen (secondary N) is 1. The molecule has 0 bridgehead atoms. The molecule has 0 saturated carbocycles. The minimum atomic E-state index is 0.843. The first-order valence-electron chi connectivity index (χ1n) is 3.31. The first-order valence-corrected chi connectivity index (χ1v) is 3.31. The fourth-order valence-electron chi connectivity index (χ4n) is 0.776. The van der Waals surface area contributed by atoms with Crippen LogP contribution in [0.5, 0.6) is 0 Å². The van der Waals surface area contributed by atoms with Crippen molar-refractivity contribution in [2.45, 2.75) is 19.2 Å². The van der Waals surface area contributed by atoms with Crippen molar-refractivity contribution in [1.82, 2.24) is 5.32 Å². The van der Waals surface area contributed by atoms with Crippen LogP contribution < -0.4 is 5.32 Å². The van der Waals surface area contributed by atoms with Gasteiger partial charge in [0.15, 0.2) is 0 Å². The summed E-state index contributed by atoms with van der Waals surface area (Å²) in [6.07, 6.45) is 1.18. The molecule has 0 aromatic rings. The van der Waals surface area contributed by atoms with Crippen LogP contribution in [0.1, 0.15) is 13.3 Å². The van der Waals surface area contributed by atoms with Gasteiger partial charge < -0.3 is 0 Å². The summed E-state index contributed by atoms with van der Waals surface area (Å²) < 4.78 is 0. The molecule has 1 saturated heterocycles. The molecule has 0 aromatic carbocycles. The molecule has 1 N–H and O–H groups in total. The third-order valence-corrected chi connectivity index (χ3v) is 1.46. The van der Waals surface area contributed by atoms with E-state index in [1.807, 2.05) is 0 Å². The van der Waals surface area contributed by atoms with Crippen LogP contribution in [0.2, 0.25) is 5.82 Å². The van der Waals surface area contributed by atoms with Gasteiger partial charge in [0, 0.05) is 0 Å². The molecule has 0 amide bonds. The molecule has 0 atom stereocenters.